The lowest BCUT2D eigenvalue weighted by Crippen LogP contribution is -2.42. The van der Waals surface area contributed by atoms with Crippen molar-refractivity contribution in [3.63, 3.8) is 0 Å². The van der Waals surface area contributed by atoms with Gasteiger partial charge in [-0.15, -0.1) is 11.3 Å². The van der Waals surface area contributed by atoms with Crippen LogP contribution >= 0.6 is 11.3 Å². The Morgan fingerprint density at radius 2 is 1.59 bits per heavy atom. The first-order chi connectivity index (χ1) is 27.0. The van der Waals surface area contributed by atoms with E-state index < -0.39 is 0 Å². The zero-order valence-electron chi connectivity index (χ0n) is 33.5. The highest BCUT2D eigenvalue weighted by molar-refractivity contribution is 7.20. The van der Waals surface area contributed by atoms with Gasteiger partial charge in [0, 0.05) is 48.1 Å². The number of fused-ring (bicyclic) bond motifs is 9. The van der Waals surface area contributed by atoms with E-state index in [-0.39, 0.29) is 16.4 Å². The summed E-state index contributed by atoms with van der Waals surface area (Å²) in [6.45, 7) is 18.1. The summed E-state index contributed by atoms with van der Waals surface area (Å²) in [6, 6.07) is 34.9. The SMILES string of the molecule is C=C/C=C\C1=C(C)C(C)(C)c2cc(C3=CCC(C)(N(c4ccc5c(c4)-c4c(ccc6c7c(sc46)CCC=C7)C5(C)C)c4cccc5ccccc45)C=C3)ccc21. The van der Waals surface area contributed by atoms with Gasteiger partial charge in [0.2, 0.25) is 0 Å². The van der Waals surface area contributed by atoms with Crippen LogP contribution in [0, 0.1) is 0 Å². The van der Waals surface area contributed by atoms with Gasteiger partial charge in [-0.2, -0.15) is 0 Å². The van der Waals surface area contributed by atoms with Crippen molar-refractivity contribution in [2.45, 2.75) is 77.2 Å². The van der Waals surface area contributed by atoms with Crippen molar-refractivity contribution in [3.05, 3.63) is 184 Å². The average Bonchev–Trinajstić information content (AvgIpc) is 3.76. The molecular weight excluding hydrogens is 695 g/mol. The van der Waals surface area contributed by atoms with E-state index in [9.17, 15) is 0 Å². The van der Waals surface area contributed by atoms with E-state index in [1.165, 1.54) is 98.3 Å². The Balaban J connectivity index is 1.10. The monoisotopic (exact) mass is 743 g/mol. The predicted molar refractivity (Wildman–Crippen MR) is 244 cm³/mol. The van der Waals surface area contributed by atoms with Gasteiger partial charge in [0.15, 0.2) is 0 Å². The molecule has 0 N–H and O–H groups in total. The molecule has 56 heavy (non-hydrogen) atoms. The standard InChI is InChI=1S/C54H49NS/c1-8-9-17-39-34(2)52(3,4)47-32-37(22-24-41(39)47)35-28-30-54(7,31-29-35)55(48-20-14-16-36-15-10-11-18-40(36)48)38-23-26-45-44(33-38)50-46(53(45,5)6)27-25-43-42-19-12-13-21-49(42)56-51(43)50/h8-12,14-20,22-30,32-33H,1,13,21,31H2,2-7H3/b17-9-. The van der Waals surface area contributed by atoms with Crippen LogP contribution < -0.4 is 4.90 Å². The fourth-order valence-electron chi connectivity index (χ4n) is 10.2. The number of allylic oxidation sites excluding steroid dienone is 8. The van der Waals surface area contributed by atoms with Crippen LogP contribution in [0.2, 0.25) is 0 Å². The third-order valence-corrected chi connectivity index (χ3v) is 14.9. The topological polar surface area (TPSA) is 3.24 Å². The first-order valence-corrected chi connectivity index (χ1v) is 21.1. The van der Waals surface area contributed by atoms with Gasteiger partial charge in [0.1, 0.15) is 0 Å². The van der Waals surface area contributed by atoms with Crippen LogP contribution in [-0.4, -0.2) is 5.54 Å². The number of rotatable bonds is 6. The van der Waals surface area contributed by atoms with Crippen LogP contribution in [-0.2, 0) is 17.3 Å². The zero-order valence-corrected chi connectivity index (χ0v) is 34.3. The van der Waals surface area contributed by atoms with Crippen LogP contribution in [0.5, 0.6) is 0 Å². The largest absolute Gasteiger partial charge is 0.331 e. The lowest BCUT2D eigenvalue weighted by atomic mass is 9.80. The number of anilines is 2. The highest BCUT2D eigenvalue weighted by Gasteiger charge is 2.40. The minimum atomic E-state index is -0.311. The molecule has 0 fully saturated rings. The van der Waals surface area contributed by atoms with Crippen LogP contribution in [0.15, 0.2) is 146 Å². The van der Waals surface area contributed by atoms with E-state index in [4.69, 9.17) is 0 Å². The maximum atomic E-state index is 3.91. The molecule has 1 nitrogen and oxygen atoms in total. The molecule has 0 radical (unpaired) electrons. The van der Waals surface area contributed by atoms with Gasteiger partial charge >= 0.3 is 0 Å². The summed E-state index contributed by atoms with van der Waals surface area (Å²) in [5, 5.41) is 3.93. The van der Waals surface area contributed by atoms with Crippen molar-refractivity contribution >= 4 is 60.8 Å². The van der Waals surface area contributed by atoms with Gasteiger partial charge < -0.3 is 4.90 Å². The minimum Gasteiger partial charge on any atom is -0.331 e. The molecule has 0 aliphatic heterocycles. The molecule has 276 valence electrons. The summed E-state index contributed by atoms with van der Waals surface area (Å²) in [4.78, 5) is 4.16. The van der Waals surface area contributed by atoms with Crippen LogP contribution in [0.4, 0.5) is 11.4 Å². The van der Waals surface area contributed by atoms with E-state index in [2.05, 4.69) is 187 Å². The molecule has 0 saturated heterocycles. The lowest BCUT2D eigenvalue weighted by molar-refractivity contribution is 0.572. The third kappa shape index (κ3) is 5.04. The van der Waals surface area contributed by atoms with Gasteiger partial charge in [-0.25, -0.2) is 0 Å². The molecule has 4 aliphatic rings. The van der Waals surface area contributed by atoms with Crippen LogP contribution in [0.3, 0.4) is 0 Å². The van der Waals surface area contributed by atoms with E-state index in [0.717, 1.165) is 19.3 Å². The summed E-state index contributed by atoms with van der Waals surface area (Å²) in [7, 11) is 0. The number of hydrogen-bond donors (Lipinski definition) is 0. The van der Waals surface area contributed by atoms with Crippen molar-refractivity contribution in [2.24, 2.45) is 0 Å². The van der Waals surface area contributed by atoms with E-state index in [1.54, 1.807) is 0 Å². The molecule has 1 aromatic heterocycles. The molecule has 10 rings (SSSR count). The second kappa shape index (κ2) is 12.5. The molecule has 6 aromatic rings. The van der Waals surface area contributed by atoms with Crippen molar-refractivity contribution in [2.75, 3.05) is 4.90 Å². The van der Waals surface area contributed by atoms with Gasteiger partial charge in [0.25, 0.3) is 0 Å². The van der Waals surface area contributed by atoms with Gasteiger partial charge in [-0.3, -0.25) is 0 Å². The Morgan fingerprint density at radius 1 is 0.768 bits per heavy atom. The summed E-state index contributed by atoms with van der Waals surface area (Å²) >= 11 is 2.02. The summed E-state index contributed by atoms with van der Waals surface area (Å²) in [5.41, 5.74) is 17.2. The number of nitrogens with zero attached hydrogens (tertiary/aromatic N) is 1. The molecule has 1 atom stereocenters. The molecule has 2 heteroatoms. The van der Waals surface area contributed by atoms with E-state index in [0.29, 0.717) is 0 Å². The van der Waals surface area contributed by atoms with Gasteiger partial charge in [0.05, 0.1) is 5.54 Å². The Labute approximate surface area is 336 Å². The Morgan fingerprint density at radius 3 is 2.41 bits per heavy atom. The smallest absolute Gasteiger partial charge is 0.0643 e. The second-order valence-corrected chi connectivity index (χ2v) is 18.6. The Kier molecular flexibility index (Phi) is 7.84. The Hall–Kier alpha value is -5.44. The molecule has 0 bridgehead atoms. The fourth-order valence-corrected chi connectivity index (χ4v) is 11.5. The molecule has 0 spiro atoms. The molecule has 0 saturated carbocycles. The number of hydrogen-bond acceptors (Lipinski definition) is 2. The quantitative estimate of drug-likeness (QED) is 0.154. The van der Waals surface area contributed by atoms with Crippen molar-refractivity contribution < 1.29 is 0 Å². The lowest BCUT2D eigenvalue weighted by Gasteiger charge is -2.43. The zero-order chi connectivity index (χ0) is 38.6. The minimum absolute atomic E-state index is 0.0315. The predicted octanol–water partition coefficient (Wildman–Crippen LogP) is 15.1. The average molecular weight is 744 g/mol. The molecule has 4 aliphatic carbocycles. The number of aryl methyl sites for hydroxylation is 1. The summed E-state index contributed by atoms with van der Waals surface area (Å²) in [5.74, 6) is 0. The first kappa shape index (κ1) is 35.0. The maximum absolute atomic E-state index is 3.91. The maximum Gasteiger partial charge on any atom is 0.0643 e. The molecule has 0 amide bonds. The summed E-state index contributed by atoms with van der Waals surface area (Å²) < 4.78 is 1.45. The second-order valence-electron chi connectivity index (χ2n) is 17.5. The molecule has 5 aromatic carbocycles. The van der Waals surface area contributed by atoms with Crippen molar-refractivity contribution in [3.8, 4) is 11.1 Å². The highest BCUT2D eigenvalue weighted by atomic mass is 32.1. The molecular formula is C54H49NS. The number of benzene rings is 5. The highest BCUT2D eigenvalue weighted by Crippen LogP contribution is 2.56. The fraction of sp³-hybridized carbons (Fsp3) is 0.222. The van der Waals surface area contributed by atoms with Crippen molar-refractivity contribution in [1.82, 2.24) is 0 Å². The Bertz CT molecular complexity index is 2820. The number of thiophene rings is 1. The van der Waals surface area contributed by atoms with E-state index in [1.807, 2.05) is 17.4 Å². The normalized spacial score (nSPS) is 20.0. The van der Waals surface area contributed by atoms with Crippen LogP contribution in [0.25, 0.3) is 49.2 Å². The van der Waals surface area contributed by atoms with Gasteiger partial charge in [-0.05, 0) is 113 Å². The van der Waals surface area contributed by atoms with Crippen LogP contribution in [0.1, 0.15) is 92.6 Å². The van der Waals surface area contributed by atoms with Gasteiger partial charge in [-0.1, -0.05) is 155 Å². The first-order valence-electron chi connectivity index (χ1n) is 20.2. The third-order valence-electron chi connectivity index (χ3n) is 13.6. The molecule has 1 heterocycles. The summed E-state index contributed by atoms with van der Waals surface area (Å²) in [6.07, 6.45) is 21.3. The molecule has 1 unspecified atom stereocenters. The van der Waals surface area contributed by atoms with E-state index >= 15 is 0 Å². The van der Waals surface area contributed by atoms with Crippen molar-refractivity contribution in [1.29, 1.82) is 0 Å².